The van der Waals surface area contributed by atoms with Crippen LogP contribution in [-0.2, 0) is 9.53 Å². The molecule has 0 radical (unpaired) electrons. The Morgan fingerprint density at radius 1 is 1.14 bits per heavy atom. The van der Waals surface area contributed by atoms with E-state index in [1.807, 2.05) is 5.32 Å². The molecule has 0 fully saturated rings. The van der Waals surface area contributed by atoms with E-state index in [4.69, 9.17) is 14.9 Å². The fraction of sp³-hybridized carbons (Fsp3) is 0.200. The number of imide groups is 1. The van der Waals surface area contributed by atoms with Crippen LogP contribution >= 0.6 is 0 Å². The molecule has 144 valence electrons. The summed E-state index contributed by atoms with van der Waals surface area (Å²) in [5.41, 5.74) is 6.25. The summed E-state index contributed by atoms with van der Waals surface area (Å²) in [5, 5.41) is 2.52. The summed E-state index contributed by atoms with van der Waals surface area (Å²) in [6, 6.07) is 11.0. The molecule has 3 rings (SSSR count). The second-order valence-electron chi connectivity index (χ2n) is 6.47. The minimum Gasteiger partial charge on any atom is -0.463 e. The normalized spacial score (nSPS) is 12.0. The topological polar surface area (TPSA) is 125 Å². The molecule has 1 unspecified atom stereocenters. The molecule has 2 aromatic heterocycles. The standard InChI is InChI=1S/C20H19N3O5/c1-11(2)17(18(24)23-20(21)26)28-19(25)13-10-15(16-8-5-9-27-16)22-14-7-4-3-6-12(13)14/h3-11,17H,1-2H3,(H3,21,23,24,26). The summed E-state index contributed by atoms with van der Waals surface area (Å²) in [6.07, 6.45) is 0.326. The van der Waals surface area contributed by atoms with Gasteiger partial charge < -0.3 is 14.9 Å². The molecule has 3 amide bonds. The third kappa shape index (κ3) is 4.01. The number of hydrogen-bond acceptors (Lipinski definition) is 6. The number of nitrogens with zero attached hydrogens (tertiary/aromatic N) is 1. The van der Waals surface area contributed by atoms with Gasteiger partial charge in [-0.1, -0.05) is 32.0 Å². The number of benzene rings is 1. The number of aromatic nitrogens is 1. The average molecular weight is 381 g/mol. The number of carbonyl (C=O) groups excluding carboxylic acids is 3. The molecule has 0 bridgehead atoms. The maximum absolute atomic E-state index is 12.9. The lowest BCUT2D eigenvalue weighted by molar-refractivity contribution is -0.130. The van der Waals surface area contributed by atoms with Crippen LogP contribution in [0.4, 0.5) is 4.79 Å². The number of carbonyl (C=O) groups is 3. The van der Waals surface area contributed by atoms with Crippen molar-refractivity contribution in [1.82, 2.24) is 10.3 Å². The van der Waals surface area contributed by atoms with E-state index in [0.29, 0.717) is 22.4 Å². The number of nitrogens with two attached hydrogens (primary N) is 1. The van der Waals surface area contributed by atoms with Crippen LogP contribution in [0.3, 0.4) is 0 Å². The van der Waals surface area contributed by atoms with Crippen LogP contribution in [0.25, 0.3) is 22.4 Å². The number of esters is 1. The molecule has 0 aliphatic rings. The molecule has 1 aromatic carbocycles. The van der Waals surface area contributed by atoms with Gasteiger partial charge in [0.05, 0.1) is 17.3 Å². The van der Waals surface area contributed by atoms with Crippen molar-refractivity contribution in [3.8, 4) is 11.5 Å². The lowest BCUT2D eigenvalue weighted by atomic mass is 10.0. The number of para-hydroxylation sites is 1. The number of nitrogens with one attached hydrogen (secondary N) is 1. The predicted molar refractivity (Wildman–Crippen MR) is 101 cm³/mol. The van der Waals surface area contributed by atoms with Gasteiger partial charge in [-0.05, 0) is 30.2 Å². The van der Waals surface area contributed by atoms with Crippen LogP contribution in [0.1, 0.15) is 24.2 Å². The van der Waals surface area contributed by atoms with Crippen molar-refractivity contribution in [3.05, 3.63) is 54.3 Å². The molecule has 0 saturated carbocycles. The van der Waals surface area contributed by atoms with Gasteiger partial charge in [0.25, 0.3) is 5.91 Å². The highest BCUT2D eigenvalue weighted by molar-refractivity contribution is 6.05. The van der Waals surface area contributed by atoms with E-state index in [0.717, 1.165) is 0 Å². The van der Waals surface area contributed by atoms with Crippen LogP contribution < -0.4 is 11.1 Å². The molecule has 3 N–H and O–H groups in total. The zero-order valence-electron chi connectivity index (χ0n) is 15.3. The second kappa shape index (κ2) is 7.91. The van der Waals surface area contributed by atoms with Crippen molar-refractivity contribution in [2.24, 2.45) is 11.7 Å². The Hall–Kier alpha value is -3.68. The van der Waals surface area contributed by atoms with E-state index in [9.17, 15) is 14.4 Å². The van der Waals surface area contributed by atoms with Gasteiger partial charge in [-0.2, -0.15) is 0 Å². The minimum atomic E-state index is -1.18. The summed E-state index contributed by atoms with van der Waals surface area (Å²) in [4.78, 5) is 40.6. The number of amides is 3. The number of rotatable bonds is 5. The fourth-order valence-electron chi connectivity index (χ4n) is 2.76. The first-order chi connectivity index (χ1) is 13.4. The Bertz CT molecular complexity index is 1030. The van der Waals surface area contributed by atoms with Crippen molar-refractivity contribution in [3.63, 3.8) is 0 Å². The second-order valence-corrected chi connectivity index (χ2v) is 6.47. The van der Waals surface area contributed by atoms with Gasteiger partial charge >= 0.3 is 12.0 Å². The number of urea groups is 1. The number of pyridine rings is 1. The van der Waals surface area contributed by atoms with Gasteiger partial charge in [0.15, 0.2) is 11.9 Å². The molecule has 0 aliphatic heterocycles. The van der Waals surface area contributed by atoms with Crippen molar-refractivity contribution in [2.45, 2.75) is 20.0 Å². The number of hydrogen-bond donors (Lipinski definition) is 2. The summed E-state index contributed by atoms with van der Waals surface area (Å²) in [5.74, 6) is -1.38. The highest BCUT2D eigenvalue weighted by Crippen LogP contribution is 2.26. The molecular weight excluding hydrogens is 362 g/mol. The lowest BCUT2D eigenvalue weighted by Crippen LogP contribution is -2.45. The van der Waals surface area contributed by atoms with Gasteiger partial charge in [0, 0.05) is 5.39 Å². The Labute approximate surface area is 160 Å². The van der Waals surface area contributed by atoms with E-state index in [2.05, 4.69) is 4.98 Å². The van der Waals surface area contributed by atoms with E-state index in [1.165, 1.54) is 6.26 Å². The van der Waals surface area contributed by atoms with Crippen LogP contribution in [0.15, 0.2) is 53.1 Å². The summed E-state index contributed by atoms with van der Waals surface area (Å²) >= 11 is 0. The predicted octanol–water partition coefficient (Wildman–Crippen LogP) is 2.87. The van der Waals surface area contributed by atoms with Crippen molar-refractivity contribution < 1.29 is 23.5 Å². The van der Waals surface area contributed by atoms with Crippen molar-refractivity contribution in [1.29, 1.82) is 0 Å². The van der Waals surface area contributed by atoms with Crippen LogP contribution in [0, 0.1) is 5.92 Å². The third-order valence-corrected chi connectivity index (χ3v) is 4.05. The molecule has 0 spiro atoms. The molecule has 28 heavy (non-hydrogen) atoms. The molecule has 1 atom stereocenters. The maximum atomic E-state index is 12.9. The Morgan fingerprint density at radius 2 is 1.89 bits per heavy atom. The molecule has 3 aromatic rings. The number of furan rings is 1. The molecule has 8 heteroatoms. The van der Waals surface area contributed by atoms with Gasteiger partial charge in [0.2, 0.25) is 0 Å². The Kier molecular flexibility index (Phi) is 5.39. The first kappa shape index (κ1) is 19.1. The molecule has 2 heterocycles. The van der Waals surface area contributed by atoms with E-state index < -0.39 is 24.0 Å². The highest BCUT2D eigenvalue weighted by atomic mass is 16.5. The monoisotopic (exact) mass is 381 g/mol. The molecule has 8 nitrogen and oxygen atoms in total. The quantitative estimate of drug-likeness (QED) is 0.655. The molecular formula is C20H19N3O5. The third-order valence-electron chi connectivity index (χ3n) is 4.05. The lowest BCUT2D eigenvalue weighted by Gasteiger charge is -2.20. The first-order valence-electron chi connectivity index (χ1n) is 8.61. The highest BCUT2D eigenvalue weighted by Gasteiger charge is 2.29. The van der Waals surface area contributed by atoms with E-state index >= 15 is 0 Å². The summed E-state index contributed by atoms with van der Waals surface area (Å²) in [7, 11) is 0. The number of fused-ring (bicyclic) bond motifs is 1. The zero-order chi connectivity index (χ0) is 20.3. The summed E-state index contributed by atoms with van der Waals surface area (Å²) < 4.78 is 10.8. The van der Waals surface area contributed by atoms with Crippen LogP contribution in [0.2, 0.25) is 0 Å². The molecule has 0 aliphatic carbocycles. The largest absolute Gasteiger partial charge is 0.463 e. The van der Waals surface area contributed by atoms with Crippen LogP contribution in [0.5, 0.6) is 0 Å². The maximum Gasteiger partial charge on any atom is 0.339 e. The minimum absolute atomic E-state index is 0.231. The van der Waals surface area contributed by atoms with Crippen molar-refractivity contribution >= 4 is 28.8 Å². The Balaban J connectivity index is 2.00. The first-order valence-corrected chi connectivity index (χ1v) is 8.61. The zero-order valence-corrected chi connectivity index (χ0v) is 15.3. The fourth-order valence-corrected chi connectivity index (χ4v) is 2.76. The average Bonchev–Trinajstić information content (AvgIpc) is 3.18. The summed E-state index contributed by atoms with van der Waals surface area (Å²) in [6.45, 7) is 3.38. The SMILES string of the molecule is CC(C)C(OC(=O)c1cc(-c2ccco2)nc2ccccc12)C(=O)NC(N)=O. The van der Waals surface area contributed by atoms with Crippen molar-refractivity contribution in [2.75, 3.05) is 0 Å². The number of primary amides is 1. The van der Waals surface area contributed by atoms with Gasteiger partial charge in [-0.3, -0.25) is 10.1 Å². The Morgan fingerprint density at radius 3 is 2.54 bits per heavy atom. The van der Waals surface area contributed by atoms with Gasteiger partial charge in [-0.25, -0.2) is 14.6 Å². The smallest absolute Gasteiger partial charge is 0.339 e. The van der Waals surface area contributed by atoms with Gasteiger partial charge in [0.1, 0.15) is 5.69 Å². The number of ether oxygens (including phenoxy) is 1. The van der Waals surface area contributed by atoms with Gasteiger partial charge in [-0.15, -0.1) is 0 Å². The van der Waals surface area contributed by atoms with Crippen LogP contribution in [-0.4, -0.2) is 29.0 Å². The van der Waals surface area contributed by atoms with E-state index in [1.54, 1.807) is 56.3 Å². The molecule has 0 saturated heterocycles. The van der Waals surface area contributed by atoms with E-state index in [-0.39, 0.29) is 11.5 Å².